The molecule has 0 saturated carbocycles. The zero-order valence-corrected chi connectivity index (χ0v) is 23.7. The van der Waals surface area contributed by atoms with E-state index >= 15 is 0 Å². The Bertz CT molecular complexity index is 1130. The minimum Gasteiger partial charge on any atom is -0.478 e. The van der Waals surface area contributed by atoms with Gasteiger partial charge in [-0.15, -0.1) is 0 Å². The number of aromatic carboxylic acids is 3. The summed E-state index contributed by atoms with van der Waals surface area (Å²) in [7, 11) is 0. The molecule has 1 atom stereocenters. The summed E-state index contributed by atoms with van der Waals surface area (Å²) in [5.41, 5.74) is 5.76. The van der Waals surface area contributed by atoms with E-state index in [-0.39, 0.29) is 21.7 Å². The zero-order chi connectivity index (χ0) is 27.9. The molecule has 7 heteroatoms. The first-order valence-corrected chi connectivity index (χ1v) is 12.4. The molecule has 202 valence electrons. The van der Waals surface area contributed by atoms with Crippen LogP contribution in [0, 0.1) is 12.0 Å². The molecule has 0 heterocycles. The van der Waals surface area contributed by atoms with Crippen molar-refractivity contribution < 1.29 is 51.4 Å². The SMILES string of the molecule is CC1=[C-]C(C)C2=C1CCCC2.O=C(O)c1ccccc1.O=C(O)c1ccccc1.O=C(O)c1ccccc1.[Ti]. The molecule has 5 rings (SSSR count). The normalized spacial score (nSPS) is 14.7. The second-order valence-corrected chi connectivity index (χ2v) is 8.72. The summed E-state index contributed by atoms with van der Waals surface area (Å²) in [4.78, 5) is 30.6. The number of carboxylic acid groups (broad SMARTS) is 3. The van der Waals surface area contributed by atoms with Gasteiger partial charge in [0.1, 0.15) is 0 Å². The Morgan fingerprint density at radius 3 is 1.26 bits per heavy atom. The van der Waals surface area contributed by atoms with E-state index in [1.54, 1.807) is 102 Å². The van der Waals surface area contributed by atoms with Crippen LogP contribution in [0.2, 0.25) is 0 Å². The standard InChI is InChI=1S/C11H15.3C7H6O2.Ti/c1-8-7-9(2)11-6-4-3-5-10(8)11;3*8-7(9)6-4-2-1-3-5-6;/h8H,3-6H2,1-2H3;3*1-5H,(H,8,9);/q-1;;;;. The molecule has 0 aromatic heterocycles. The van der Waals surface area contributed by atoms with Crippen molar-refractivity contribution in [1.82, 2.24) is 0 Å². The predicted octanol–water partition coefficient (Wildman–Crippen LogP) is 7.41. The van der Waals surface area contributed by atoms with Gasteiger partial charge < -0.3 is 15.3 Å². The van der Waals surface area contributed by atoms with Crippen molar-refractivity contribution in [2.45, 2.75) is 39.5 Å². The molecular weight excluding hydrogens is 528 g/mol. The molecule has 1 unspecified atom stereocenters. The summed E-state index contributed by atoms with van der Waals surface area (Å²) in [6.07, 6.45) is 8.95. The molecule has 0 bridgehead atoms. The van der Waals surface area contributed by atoms with Gasteiger partial charge in [-0.1, -0.05) is 93.6 Å². The monoisotopic (exact) mass is 561 g/mol. The fourth-order valence-electron chi connectivity index (χ4n) is 4.08. The van der Waals surface area contributed by atoms with E-state index in [1.165, 1.54) is 31.3 Å². The van der Waals surface area contributed by atoms with Gasteiger partial charge in [0.05, 0.1) is 16.7 Å². The third kappa shape index (κ3) is 11.7. The van der Waals surface area contributed by atoms with E-state index in [9.17, 15) is 14.4 Å². The number of hydrogen-bond acceptors (Lipinski definition) is 3. The van der Waals surface area contributed by atoms with Crippen molar-refractivity contribution in [2.24, 2.45) is 5.92 Å². The Labute approximate surface area is 244 Å². The van der Waals surface area contributed by atoms with Gasteiger partial charge in [0.2, 0.25) is 0 Å². The molecule has 3 N–H and O–H groups in total. The molecule has 0 radical (unpaired) electrons. The van der Waals surface area contributed by atoms with Gasteiger partial charge in [0.15, 0.2) is 0 Å². The molecule has 2 aliphatic rings. The minimum absolute atomic E-state index is 0. The van der Waals surface area contributed by atoms with Crippen molar-refractivity contribution in [1.29, 1.82) is 0 Å². The molecule has 6 nitrogen and oxygen atoms in total. The van der Waals surface area contributed by atoms with Gasteiger partial charge >= 0.3 is 17.9 Å². The Morgan fingerprint density at radius 1 is 0.641 bits per heavy atom. The maximum atomic E-state index is 10.2. The van der Waals surface area contributed by atoms with Crippen LogP contribution in [0.1, 0.15) is 70.6 Å². The number of carbonyl (C=O) groups is 3. The second kappa shape index (κ2) is 17.7. The minimum atomic E-state index is -0.879. The fourth-order valence-corrected chi connectivity index (χ4v) is 4.08. The van der Waals surface area contributed by atoms with Crippen molar-refractivity contribution in [2.75, 3.05) is 0 Å². The number of carboxylic acids is 3. The van der Waals surface area contributed by atoms with Crippen LogP contribution in [-0.2, 0) is 21.7 Å². The first-order chi connectivity index (χ1) is 18.2. The van der Waals surface area contributed by atoms with Crippen molar-refractivity contribution in [3.8, 4) is 0 Å². The van der Waals surface area contributed by atoms with Gasteiger partial charge in [-0.2, -0.15) is 11.1 Å². The number of allylic oxidation sites excluding steroid dienone is 4. The van der Waals surface area contributed by atoms with Gasteiger partial charge in [-0.25, -0.2) is 20.0 Å². The van der Waals surface area contributed by atoms with Crippen LogP contribution in [0.15, 0.2) is 108 Å². The molecule has 3 aromatic carbocycles. The van der Waals surface area contributed by atoms with Crippen molar-refractivity contribution >= 4 is 17.9 Å². The first-order valence-electron chi connectivity index (χ1n) is 12.4. The van der Waals surface area contributed by atoms with E-state index in [2.05, 4.69) is 19.9 Å². The number of hydrogen-bond donors (Lipinski definition) is 3. The van der Waals surface area contributed by atoms with E-state index in [1.807, 2.05) is 0 Å². The van der Waals surface area contributed by atoms with E-state index in [0.29, 0.717) is 22.6 Å². The maximum absolute atomic E-state index is 10.2. The Hall–Kier alpha value is -3.74. The van der Waals surface area contributed by atoms with Crippen LogP contribution in [0.5, 0.6) is 0 Å². The third-order valence-corrected chi connectivity index (χ3v) is 5.98. The number of benzene rings is 3. The largest absolute Gasteiger partial charge is 0.478 e. The van der Waals surface area contributed by atoms with Crippen LogP contribution < -0.4 is 0 Å². The second-order valence-electron chi connectivity index (χ2n) is 8.72. The van der Waals surface area contributed by atoms with Gasteiger partial charge in [0.25, 0.3) is 0 Å². The van der Waals surface area contributed by atoms with E-state index < -0.39 is 17.9 Å². The zero-order valence-electron chi connectivity index (χ0n) is 22.1. The van der Waals surface area contributed by atoms with Crippen molar-refractivity contribution in [3.63, 3.8) is 0 Å². The molecule has 3 aromatic rings. The first kappa shape index (κ1) is 33.3. The van der Waals surface area contributed by atoms with Crippen LogP contribution in [0.4, 0.5) is 0 Å². The summed E-state index contributed by atoms with van der Waals surface area (Å²) in [6, 6.07) is 24.9. The number of rotatable bonds is 3. The summed E-state index contributed by atoms with van der Waals surface area (Å²) in [5.74, 6) is -2.01. The van der Waals surface area contributed by atoms with Gasteiger partial charge in [-0.05, 0) is 42.8 Å². The molecule has 0 amide bonds. The molecule has 0 saturated heterocycles. The summed E-state index contributed by atoms with van der Waals surface area (Å²) < 4.78 is 0. The predicted molar refractivity (Wildman–Crippen MR) is 147 cm³/mol. The smallest absolute Gasteiger partial charge is 0.335 e. The maximum Gasteiger partial charge on any atom is 0.335 e. The molecule has 39 heavy (non-hydrogen) atoms. The molecule has 0 aliphatic heterocycles. The summed E-state index contributed by atoms with van der Waals surface area (Å²) >= 11 is 0. The van der Waals surface area contributed by atoms with Crippen LogP contribution >= 0.6 is 0 Å². The Balaban J connectivity index is 0.000000259. The topological polar surface area (TPSA) is 112 Å². The summed E-state index contributed by atoms with van der Waals surface area (Å²) in [5, 5.41) is 25.2. The van der Waals surface area contributed by atoms with Crippen molar-refractivity contribution in [3.05, 3.63) is 130 Å². The van der Waals surface area contributed by atoms with E-state index in [4.69, 9.17) is 15.3 Å². The summed E-state index contributed by atoms with van der Waals surface area (Å²) in [6.45, 7) is 4.49. The molecule has 0 spiro atoms. The van der Waals surface area contributed by atoms with Crippen LogP contribution in [-0.4, -0.2) is 33.2 Å². The Kier molecular flexibility index (Phi) is 15.1. The quantitative estimate of drug-likeness (QED) is 0.227. The Morgan fingerprint density at radius 2 is 0.974 bits per heavy atom. The van der Waals surface area contributed by atoms with Crippen LogP contribution in [0.3, 0.4) is 0 Å². The van der Waals surface area contributed by atoms with Crippen LogP contribution in [0.25, 0.3) is 0 Å². The van der Waals surface area contributed by atoms with Gasteiger partial charge in [0, 0.05) is 21.7 Å². The van der Waals surface area contributed by atoms with E-state index in [0.717, 1.165) is 0 Å². The average Bonchev–Trinajstić information content (AvgIpc) is 3.24. The molecule has 2 aliphatic carbocycles. The molecular formula is C32H33O6Ti-. The fraction of sp³-hybridized carbons (Fsp3) is 0.219. The molecule has 0 fully saturated rings. The average molecular weight is 561 g/mol. The van der Waals surface area contributed by atoms with Gasteiger partial charge in [-0.3, -0.25) is 6.08 Å². The third-order valence-electron chi connectivity index (χ3n) is 5.98.